The molecule has 0 aliphatic carbocycles. The number of fused-ring (bicyclic) bond motifs is 1. The summed E-state index contributed by atoms with van der Waals surface area (Å²) in [5, 5.41) is 1.000. The minimum absolute atomic E-state index is 0.187. The first-order chi connectivity index (χ1) is 8.11. The first-order valence-electron chi connectivity index (χ1n) is 6.06. The second-order valence-corrected chi connectivity index (χ2v) is 5.58. The molecule has 2 aromatic rings. The van der Waals surface area contributed by atoms with Crippen molar-refractivity contribution in [1.82, 2.24) is 4.98 Å². The number of aromatic amines is 1. The monoisotopic (exact) mass is 297 g/mol. The van der Waals surface area contributed by atoms with Crippen LogP contribution in [0.25, 0.3) is 10.9 Å². The van der Waals surface area contributed by atoms with Gasteiger partial charge in [-0.1, -0.05) is 26.7 Å². The predicted molar refractivity (Wildman–Crippen MR) is 73.7 cm³/mol. The quantitative estimate of drug-likeness (QED) is 0.813. The Bertz CT molecular complexity index is 518. The molecule has 1 heterocycles. The van der Waals surface area contributed by atoms with E-state index in [4.69, 9.17) is 0 Å². The Hall–Kier alpha value is -0.830. The summed E-state index contributed by atoms with van der Waals surface area (Å²) in [5.41, 5.74) is 2.20. The lowest BCUT2D eigenvalue weighted by Crippen LogP contribution is -1.98. The molecule has 0 saturated carbocycles. The van der Waals surface area contributed by atoms with Gasteiger partial charge in [0.2, 0.25) is 0 Å². The molecule has 0 bridgehead atoms. The standard InChI is InChI=1S/C14H17BrFN/c1-3-4-9(2)5-10-8-17-14-12(10)6-11(16)7-13(14)15/h6-9,17H,3-5H2,1-2H3. The fourth-order valence-corrected chi connectivity index (χ4v) is 2.90. The van der Waals surface area contributed by atoms with Crippen molar-refractivity contribution in [2.24, 2.45) is 5.92 Å². The smallest absolute Gasteiger partial charge is 0.125 e. The molecule has 0 aliphatic heterocycles. The summed E-state index contributed by atoms with van der Waals surface area (Å²) in [4.78, 5) is 3.22. The van der Waals surface area contributed by atoms with Crippen molar-refractivity contribution in [3.8, 4) is 0 Å². The lowest BCUT2D eigenvalue weighted by molar-refractivity contribution is 0.524. The second-order valence-electron chi connectivity index (χ2n) is 4.72. The Morgan fingerprint density at radius 3 is 2.88 bits per heavy atom. The van der Waals surface area contributed by atoms with E-state index < -0.39 is 0 Å². The number of hydrogen-bond acceptors (Lipinski definition) is 0. The maximum absolute atomic E-state index is 13.4. The Balaban J connectivity index is 2.35. The molecule has 17 heavy (non-hydrogen) atoms. The van der Waals surface area contributed by atoms with Crippen molar-refractivity contribution in [3.63, 3.8) is 0 Å². The van der Waals surface area contributed by atoms with Crippen molar-refractivity contribution in [1.29, 1.82) is 0 Å². The van der Waals surface area contributed by atoms with Gasteiger partial charge in [-0.25, -0.2) is 4.39 Å². The number of halogens is 2. The van der Waals surface area contributed by atoms with Gasteiger partial charge in [-0.3, -0.25) is 0 Å². The molecule has 1 aromatic heterocycles. The summed E-state index contributed by atoms with van der Waals surface area (Å²) < 4.78 is 14.2. The fraction of sp³-hybridized carbons (Fsp3) is 0.429. The zero-order valence-corrected chi connectivity index (χ0v) is 11.8. The van der Waals surface area contributed by atoms with Crippen LogP contribution in [-0.2, 0) is 6.42 Å². The first-order valence-corrected chi connectivity index (χ1v) is 6.86. The van der Waals surface area contributed by atoms with E-state index in [1.54, 1.807) is 6.07 Å². The zero-order chi connectivity index (χ0) is 12.4. The van der Waals surface area contributed by atoms with E-state index in [1.165, 1.54) is 24.5 Å². The van der Waals surface area contributed by atoms with Gasteiger partial charge in [-0.2, -0.15) is 0 Å². The SMILES string of the molecule is CCCC(C)Cc1c[nH]c2c(Br)cc(F)cc12. The molecule has 92 valence electrons. The Morgan fingerprint density at radius 1 is 1.41 bits per heavy atom. The van der Waals surface area contributed by atoms with Gasteiger partial charge in [0, 0.05) is 16.1 Å². The number of H-pyrrole nitrogens is 1. The van der Waals surface area contributed by atoms with Crippen molar-refractivity contribution in [2.75, 3.05) is 0 Å². The Labute approximate surface area is 110 Å². The molecular formula is C14H17BrFN. The zero-order valence-electron chi connectivity index (χ0n) is 10.2. The summed E-state index contributed by atoms with van der Waals surface area (Å²) in [7, 11) is 0. The van der Waals surface area contributed by atoms with Gasteiger partial charge in [-0.15, -0.1) is 0 Å². The van der Waals surface area contributed by atoms with E-state index in [0.29, 0.717) is 5.92 Å². The van der Waals surface area contributed by atoms with Crippen LogP contribution in [0.1, 0.15) is 32.3 Å². The molecule has 0 spiro atoms. The molecule has 0 aliphatic rings. The van der Waals surface area contributed by atoms with E-state index in [0.717, 1.165) is 21.8 Å². The van der Waals surface area contributed by atoms with Crippen LogP contribution in [0.15, 0.2) is 22.8 Å². The highest BCUT2D eigenvalue weighted by Gasteiger charge is 2.11. The van der Waals surface area contributed by atoms with Gasteiger partial charge in [0.05, 0.1) is 5.52 Å². The highest BCUT2D eigenvalue weighted by atomic mass is 79.9. The van der Waals surface area contributed by atoms with Gasteiger partial charge >= 0.3 is 0 Å². The number of aromatic nitrogens is 1. The van der Waals surface area contributed by atoms with Crippen LogP contribution < -0.4 is 0 Å². The summed E-state index contributed by atoms with van der Waals surface area (Å²) in [6.07, 6.45) is 5.41. The molecular weight excluding hydrogens is 281 g/mol. The van der Waals surface area contributed by atoms with Crippen LogP contribution in [0.3, 0.4) is 0 Å². The maximum Gasteiger partial charge on any atom is 0.125 e. The maximum atomic E-state index is 13.4. The number of hydrogen-bond donors (Lipinski definition) is 1. The molecule has 0 amide bonds. The van der Waals surface area contributed by atoms with Crippen LogP contribution in [0.4, 0.5) is 4.39 Å². The Kier molecular flexibility index (Phi) is 3.87. The van der Waals surface area contributed by atoms with Crippen molar-refractivity contribution < 1.29 is 4.39 Å². The van der Waals surface area contributed by atoms with Gasteiger partial charge in [0.15, 0.2) is 0 Å². The minimum Gasteiger partial charge on any atom is -0.360 e. The first kappa shape index (κ1) is 12.6. The molecule has 1 nitrogen and oxygen atoms in total. The van der Waals surface area contributed by atoms with Gasteiger partial charge < -0.3 is 4.98 Å². The summed E-state index contributed by atoms with van der Waals surface area (Å²) in [5.74, 6) is 0.453. The fourth-order valence-electron chi connectivity index (χ4n) is 2.35. The van der Waals surface area contributed by atoms with E-state index in [9.17, 15) is 4.39 Å². The Morgan fingerprint density at radius 2 is 2.18 bits per heavy atom. The molecule has 0 saturated heterocycles. The highest BCUT2D eigenvalue weighted by molar-refractivity contribution is 9.10. The molecule has 0 fully saturated rings. The lowest BCUT2D eigenvalue weighted by atomic mass is 9.97. The minimum atomic E-state index is -0.187. The molecule has 1 aromatic carbocycles. The average Bonchev–Trinajstić information content (AvgIpc) is 2.62. The van der Waals surface area contributed by atoms with Crippen LogP contribution >= 0.6 is 15.9 Å². The lowest BCUT2D eigenvalue weighted by Gasteiger charge is -2.08. The summed E-state index contributed by atoms with van der Waals surface area (Å²) in [6.45, 7) is 4.44. The summed E-state index contributed by atoms with van der Waals surface area (Å²) >= 11 is 3.39. The van der Waals surface area contributed by atoms with Crippen LogP contribution in [-0.4, -0.2) is 4.98 Å². The van der Waals surface area contributed by atoms with E-state index in [1.807, 2.05) is 6.20 Å². The van der Waals surface area contributed by atoms with E-state index in [-0.39, 0.29) is 5.82 Å². The highest BCUT2D eigenvalue weighted by Crippen LogP contribution is 2.29. The number of nitrogens with one attached hydrogen (secondary N) is 1. The van der Waals surface area contributed by atoms with Gasteiger partial charge in [-0.05, 0) is 46.0 Å². The van der Waals surface area contributed by atoms with Crippen LogP contribution in [0.5, 0.6) is 0 Å². The number of rotatable bonds is 4. The number of benzene rings is 1. The van der Waals surface area contributed by atoms with E-state index in [2.05, 4.69) is 34.8 Å². The molecule has 1 unspecified atom stereocenters. The third kappa shape index (κ3) is 2.71. The van der Waals surface area contributed by atoms with Crippen molar-refractivity contribution in [2.45, 2.75) is 33.1 Å². The molecule has 1 N–H and O–H groups in total. The van der Waals surface area contributed by atoms with Gasteiger partial charge in [0.25, 0.3) is 0 Å². The summed E-state index contributed by atoms with van der Waals surface area (Å²) in [6, 6.07) is 3.11. The molecule has 1 atom stereocenters. The van der Waals surface area contributed by atoms with Crippen molar-refractivity contribution in [3.05, 3.63) is 34.2 Å². The third-order valence-electron chi connectivity index (χ3n) is 3.14. The average molecular weight is 298 g/mol. The predicted octanol–water partition coefficient (Wildman–Crippen LogP) is 5.05. The molecule has 0 radical (unpaired) electrons. The second kappa shape index (κ2) is 5.21. The molecule has 2 rings (SSSR count). The van der Waals surface area contributed by atoms with E-state index >= 15 is 0 Å². The van der Waals surface area contributed by atoms with Gasteiger partial charge in [0.1, 0.15) is 5.82 Å². The molecule has 3 heteroatoms. The third-order valence-corrected chi connectivity index (χ3v) is 3.77. The van der Waals surface area contributed by atoms with Crippen molar-refractivity contribution >= 4 is 26.8 Å². The largest absolute Gasteiger partial charge is 0.360 e. The van der Waals surface area contributed by atoms with Crippen LogP contribution in [0, 0.1) is 11.7 Å². The topological polar surface area (TPSA) is 15.8 Å². The normalized spacial score (nSPS) is 13.2. The van der Waals surface area contributed by atoms with Crippen LogP contribution in [0.2, 0.25) is 0 Å².